The number of nitrogens with one attached hydrogen (secondary N) is 1. The van der Waals surface area contributed by atoms with Crippen molar-refractivity contribution in [2.45, 2.75) is 6.61 Å². The van der Waals surface area contributed by atoms with Crippen molar-refractivity contribution in [3.05, 3.63) is 29.6 Å². The molecule has 2 rings (SSSR count). The van der Waals surface area contributed by atoms with E-state index in [4.69, 9.17) is 10.00 Å². The molecule has 0 saturated carbocycles. The molecule has 14 heavy (non-hydrogen) atoms. The molecule has 1 N–H and O–H groups in total. The summed E-state index contributed by atoms with van der Waals surface area (Å²) >= 11 is 0. The Morgan fingerprint density at radius 3 is 3.14 bits per heavy atom. The maximum atomic E-state index is 8.84. The maximum absolute atomic E-state index is 8.84. The molecule has 0 saturated heterocycles. The van der Waals surface area contributed by atoms with Crippen LogP contribution < -0.4 is 0 Å². The summed E-state index contributed by atoms with van der Waals surface area (Å²) in [6.45, 7) is 0.430. The van der Waals surface area contributed by atoms with Crippen molar-refractivity contribution >= 4 is 11.0 Å². The van der Waals surface area contributed by atoms with Gasteiger partial charge in [-0.15, -0.1) is 0 Å². The van der Waals surface area contributed by atoms with Crippen LogP contribution in [0.25, 0.3) is 11.0 Å². The first-order valence-electron chi connectivity index (χ1n) is 4.22. The van der Waals surface area contributed by atoms with Crippen molar-refractivity contribution in [3.8, 4) is 6.07 Å². The predicted molar refractivity (Wildman–Crippen MR) is 51.5 cm³/mol. The molecule has 0 atom stereocenters. The largest absolute Gasteiger partial charge is 0.377 e. The van der Waals surface area contributed by atoms with E-state index in [9.17, 15) is 0 Å². The molecule has 0 amide bonds. The van der Waals surface area contributed by atoms with Gasteiger partial charge in [0.15, 0.2) is 0 Å². The van der Waals surface area contributed by atoms with Gasteiger partial charge in [-0.1, -0.05) is 6.07 Å². The van der Waals surface area contributed by atoms with E-state index in [1.807, 2.05) is 12.1 Å². The Labute approximate surface area is 81.1 Å². The van der Waals surface area contributed by atoms with Gasteiger partial charge >= 0.3 is 0 Å². The van der Waals surface area contributed by atoms with Crippen LogP contribution in [-0.4, -0.2) is 17.1 Å². The highest BCUT2D eigenvalue weighted by Crippen LogP contribution is 2.15. The average molecular weight is 187 g/mol. The first-order chi connectivity index (χ1) is 6.85. The van der Waals surface area contributed by atoms with Gasteiger partial charge in [-0.3, -0.25) is 0 Å². The van der Waals surface area contributed by atoms with Gasteiger partial charge < -0.3 is 9.72 Å². The lowest BCUT2D eigenvalue weighted by atomic mass is 10.2. The van der Waals surface area contributed by atoms with Crippen LogP contribution in [0.1, 0.15) is 11.4 Å². The fourth-order valence-electron chi connectivity index (χ4n) is 1.38. The molecule has 1 aromatic carbocycles. The second kappa shape index (κ2) is 3.48. The van der Waals surface area contributed by atoms with Gasteiger partial charge in [-0.25, -0.2) is 4.98 Å². The molecule has 0 radical (unpaired) electrons. The second-order valence-electron chi connectivity index (χ2n) is 2.93. The van der Waals surface area contributed by atoms with Gasteiger partial charge in [-0.05, 0) is 12.1 Å². The Hall–Kier alpha value is -1.86. The molecule has 0 aliphatic rings. The van der Waals surface area contributed by atoms with E-state index in [1.165, 1.54) is 0 Å². The standard InChI is InChI=1S/C10H9N3O/c1-14-6-9-12-8-4-2-3-7(5-11)10(8)13-9/h2-4H,6H2,1H3,(H,12,13). The maximum Gasteiger partial charge on any atom is 0.133 e. The zero-order valence-corrected chi connectivity index (χ0v) is 7.74. The number of aromatic nitrogens is 2. The van der Waals surface area contributed by atoms with Crippen molar-refractivity contribution in [3.63, 3.8) is 0 Å². The summed E-state index contributed by atoms with van der Waals surface area (Å²) in [5.41, 5.74) is 2.17. The number of hydrogen-bond acceptors (Lipinski definition) is 3. The van der Waals surface area contributed by atoms with Crippen molar-refractivity contribution in [2.75, 3.05) is 7.11 Å². The van der Waals surface area contributed by atoms with Crippen LogP contribution in [0, 0.1) is 11.3 Å². The highest BCUT2D eigenvalue weighted by Gasteiger charge is 2.05. The predicted octanol–water partition coefficient (Wildman–Crippen LogP) is 1.58. The zero-order chi connectivity index (χ0) is 9.97. The lowest BCUT2D eigenvalue weighted by Crippen LogP contribution is -1.88. The van der Waals surface area contributed by atoms with Gasteiger partial charge in [0.1, 0.15) is 24.0 Å². The summed E-state index contributed by atoms with van der Waals surface area (Å²) in [6.07, 6.45) is 0. The van der Waals surface area contributed by atoms with Crippen LogP contribution in [-0.2, 0) is 11.3 Å². The van der Waals surface area contributed by atoms with Crippen LogP contribution in [0.15, 0.2) is 18.2 Å². The summed E-state index contributed by atoms with van der Waals surface area (Å²) in [4.78, 5) is 7.35. The molecule has 0 unspecified atom stereocenters. The summed E-state index contributed by atoms with van der Waals surface area (Å²) in [5, 5.41) is 8.84. The molecule has 1 aromatic heterocycles. The molecule has 2 aromatic rings. The zero-order valence-electron chi connectivity index (χ0n) is 7.74. The highest BCUT2D eigenvalue weighted by molar-refractivity contribution is 5.81. The minimum absolute atomic E-state index is 0.430. The molecule has 70 valence electrons. The molecule has 4 nitrogen and oxygen atoms in total. The Kier molecular flexibility index (Phi) is 2.17. The number of aromatic amines is 1. The van der Waals surface area contributed by atoms with Crippen molar-refractivity contribution in [1.82, 2.24) is 9.97 Å². The summed E-state index contributed by atoms with van der Waals surface area (Å²) in [5.74, 6) is 0.741. The third-order valence-corrected chi connectivity index (χ3v) is 1.96. The third-order valence-electron chi connectivity index (χ3n) is 1.96. The first-order valence-corrected chi connectivity index (χ1v) is 4.22. The lowest BCUT2D eigenvalue weighted by Gasteiger charge is -1.89. The number of nitrogens with zero attached hydrogens (tertiary/aromatic N) is 2. The molecule has 4 heteroatoms. The number of para-hydroxylation sites is 1. The minimum atomic E-state index is 0.430. The van der Waals surface area contributed by atoms with Crippen molar-refractivity contribution < 1.29 is 4.74 Å². The number of nitriles is 1. The molecule has 1 heterocycles. The van der Waals surface area contributed by atoms with E-state index in [0.717, 1.165) is 11.3 Å². The lowest BCUT2D eigenvalue weighted by molar-refractivity contribution is 0.179. The number of fused-ring (bicyclic) bond motifs is 1. The quantitative estimate of drug-likeness (QED) is 0.776. The summed E-state index contributed by atoms with van der Waals surface area (Å²) < 4.78 is 4.95. The number of imidazole rings is 1. The van der Waals surface area contributed by atoms with E-state index >= 15 is 0 Å². The number of benzene rings is 1. The first kappa shape index (κ1) is 8.73. The number of ether oxygens (including phenoxy) is 1. The molecule has 0 spiro atoms. The van der Waals surface area contributed by atoms with Crippen molar-refractivity contribution in [1.29, 1.82) is 5.26 Å². The summed E-state index contributed by atoms with van der Waals surface area (Å²) in [6, 6.07) is 7.57. The fourth-order valence-corrected chi connectivity index (χ4v) is 1.38. The van der Waals surface area contributed by atoms with Crippen molar-refractivity contribution in [2.24, 2.45) is 0 Å². The van der Waals surface area contributed by atoms with Gasteiger partial charge in [0.05, 0.1) is 11.1 Å². The van der Waals surface area contributed by atoms with Crippen LogP contribution in [0.5, 0.6) is 0 Å². The Bertz CT molecular complexity index is 496. The summed E-state index contributed by atoms with van der Waals surface area (Å²) in [7, 11) is 1.61. The number of H-pyrrole nitrogens is 1. The molecule has 0 fully saturated rings. The van der Waals surface area contributed by atoms with Crippen LogP contribution in [0.3, 0.4) is 0 Å². The SMILES string of the molecule is COCc1nc2c(C#N)cccc2[nH]1. The van der Waals surface area contributed by atoms with E-state index in [1.54, 1.807) is 13.2 Å². The van der Waals surface area contributed by atoms with E-state index < -0.39 is 0 Å². The number of rotatable bonds is 2. The Balaban J connectivity index is 2.60. The molecular weight excluding hydrogens is 178 g/mol. The van der Waals surface area contributed by atoms with E-state index in [-0.39, 0.29) is 0 Å². The molecule has 0 aliphatic heterocycles. The van der Waals surface area contributed by atoms with E-state index in [0.29, 0.717) is 17.7 Å². The normalized spacial score (nSPS) is 10.3. The molecule has 0 aliphatic carbocycles. The smallest absolute Gasteiger partial charge is 0.133 e. The van der Waals surface area contributed by atoms with Crippen LogP contribution >= 0.6 is 0 Å². The monoisotopic (exact) mass is 187 g/mol. The van der Waals surface area contributed by atoms with Gasteiger partial charge in [-0.2, -0.15) is 5.26 Å². The van der Waals surface area contributed by atoms with Gasteiger partial charge in [0.25, 0.3) is 0 Å². The highest BCUT2D eigenvalue weighted by atomic mass is 16.5. The van der Waals surface area contributed by atoms with Gasteiger partial charge in [0.2, 0.25) is 0 Å². The second-order valence-corrected chi connectivity index (χ2v) is 2.93. The van der Waals surface area contributed by atoms with Gasteiger partial charge in [0, 0.05) is 7.11 Å². The Morgan fingerprint density at radius 2 is 2.43 bits per heavy atom. The molecule has 0 bridgehead atoms. The Morgan fingerprint density at radius 1 is 1.57 bits per heavy atom. The molecular formula is C10H9N3O. The topological polar surface area (TPSA) is 61.7 Å². The number of methoxy groups -OCH3 is 1. The third kappa shape index (κ3) is 1.34. The average Bonchev–Trinajstić information content (AvgIpc) is 2.60. The van der Waals surface area contributed by atoms with Crippen LogP contribution in [0.4, 0.5) is 0 Å². The fraction of sp³-hybridized carbons (Fsp3) is 0.200. The van der Waals surface area contributed by atoms with E-state index in [2.05, 4.69) is 16.0 Å². The van der Waals surface area contributed by atoms with Crippen LogP contribution in [0.2, 0.25) is 0 Å². The minimum Gasteiger partial charge on any atom is -0.377 e. The number of hydrogen-bond donors (Lipinski definition) is 1.